The third kappa shape index (κ3) is 3.47. The smallest absolute Gasteiger partial charge is 0.143 e. The predicted octanol–water partition coefficient (Wildman–Crippen LogP) is 4.68. The molecule has 0 radical (unpaired) electrons. The molecule has 21 heavy (non-hydrogen) atoms. The van der Waals surface area contributed by atoms with E-state index in [4.69, 9.17) is 0 Å². The summed E-state index contributed by atoms with van der Waals surface area (Å²) in [7, 11) is 1.68. The molecule has 2 aromatic carbocycles. The van der Waals surface area contributed by atoms with Gasteiger partial charge in [0.1, 0.15) is 17.5 Å². The molecule has 1 nitrogen and oxygen atoms in total. The number of aryl methyl sites for hydroxylation is 1. The Morgan fingerprint density at radius 1 is 1.10 bits per heavy atom. The zero-order valence-corrected chi connectivity index (χ0v) is 13.3. The van der Waals surface area contributed by atoms with Crippen LogP contribution in [0.5, 0.6) is 0 Å². The van der Waals surface area contributed by atoms with Gasteiger partial charge < -0.3 is 5.32 Å². The Kier molecular flexibility index (Phi) is 5.06. The third-order valence-electron chi connectivity index (χ3n) is 3.49. The second-order valence-electron chi connectivity index (χ2n) is 4.88. The van der Waals surface area contributed by atoms with Crippen molar-refractivity contribution in [2.45, 2.75) is 19.4 Å². The highest BCUT2D eigenvalue weighted by molar-refractivity contribution is 9.10. The fourth-order valence-electron chi connectivity index (χ4n) is 2.17. The standard InChI is InChI=1S/C16H15BrF3N/c1-9-3-4-10(7-14(9)19)15(21-2)8-11-13(18)6-5-12(17)16(11)20/h3-7,15,21H,8H2,1-2H3. The van der Waals surface area contributed by atoms with Crippen molar-refractivity contribution in [1.82, 2.24) is 5.32 Å². The van der Waals surface area contributed by atoms with Gasteiger partial charge in [0.2, 0.25) is 0 Å². The van der Waals surface area contributed by atoms with Crippen LogP contribution in [0, 0.1) is 24.4 Å². The average Bonchev–Trinajstić information content (AvgIpc) is 2.47. The van der Waals surface area contributed by atoms with E-state index in [9.17, 15) is 13.2 Å². The Balaban J connectivity index is 2.35. The van der Waals surface area contributed by atoms with E-state index in [1.54, 1.807) is 26.1 Å². The van der Waals surface area contributed by atoms with Gasteiger partial charge in [0.25, 0.3) is 0 Å². The molecule has 1 unspecified atom stereocenters. The highest BCUT2D eigenvalue weighted by Crippen LogP contribution is 2.27. The first-order valence-electron chi connectivity index (χ1n) is 6.49. The summed E-state index contributed by atoms with van der Waals surface area (Å²) in [6.07, 6.45) is 0.0934. The quantitative estimate of drug-likeness (QED) is 0.783. The van der Waals surface area contributed by atoms with Crippen LogP contribution in [-0.2, 0) is 6.42 Å². The van der Waals surface area contributed by atoms with E-state index in [1.165, 1.54) is 18.2 Å². The van der Waals surface area contributed by atoms with Crippen LogP contribution in [0.25, 0.3) is 0 Å². The van der Waals surface area contributed by atoms with Crippen LogP contribution < -0.4 is 5.32 Å². The number of hydrogen-bond donors (Lipinski definition) is 1. The zero-order valence-electron chi connectivity index (χ0n) is 11.7. The fraction of sp³-hybridized carbons (Fsp3) is 0.250. The van der Waals surface area contributed by atoms with Crippen molar-refractivity contribution >= 4 is 15.9 Å². The number of likely N-dealkylation sites (N-methyl/N-ethyl adjacent to an activating group) is 1. The van der Waals surface area contributed by atoms with Gasteiger partial charge >= 0.3 is 0 Å². The molecule has 0 saturated heterocycles. The van der Waals surface area contributed by atoms with E-state index >= 15 is 0 Å². The monoisotopic (exact) mass is 357 g/mol. The molecule has 0 aliphatic carbocycles. The number of rotatable bonds is 4. The Hall–Kier alpha value is -1.33. The second-order valence-corrected chi connectivity index (χ2v) is 5.73. The number of benzene rings is 2. The molecule has 1 atom stereocenters. The van der Waals surface area contributed by atoms with E-state index in [0.717, 1.165) is 0 Å². The molecule has 1 N–H and O–H groups in total. The van der Waals surface area contributed by atoms with Gasteiger partial charge in [-0.2, -0.15) is 0 Å². The Morgan fingerprint density at radius 2 is 1.81 bits per heavy atom. The van der Waals surface area contributed by atoms with Crippen LogP contribution in [0.3, 0.4) is 0 Å². The van der Waals surface area contributed by atoms with Gasteiger partial charge in [0.05, 0.1) is 4.47 Å². The summed E-state index contributed by atoms with van der Waals surface area (Å²) in [6, 6.07) is 6.97. The minimum Gasteiger partial charge on any atom is -0.313 e. The van der Waals surface area contributed by atoms with Gasteiger partial charge in [-0.15, -0.1) is 0 Å². The predicted molar refractivity (Wildman–Crippen MR) is 80.7 cm³/mol. The molecule has 0 aliphatic rings. The van der Waals surface area contributed by atoms with Crippen molar-refractivity contribution in [3.05, 3.63) is 68.9 Å². The van der Waals surface area contributed by atoms with Crippen LogP contribution in [0.15, 0.2) is 34.8 Å². The third-order valence-corrected chi connectivity index (χ3v) is 4.11. The molecule has 0 fully saturated rings. The van der Waals surface area contributed by atoms with Crippen molar-refractivity contribution in [3.63, 3.8) is 0 Å². The number of nitrogens with one attached hydrogen (secondary N) is 1. The van der Waals surface area contributed by atoms with Gasteiger partial charge in [0, 0.05) is 11.6 Å². The van der Waals surface area contributed by atoms with E-state index in [-0.39, 0.29) is 28.3 Å². The van der Waals surface area contributed by atoms with Crippen molar-refractivity contribution in [3.8, 4) is 0 Å². The molecule has 2 aromatic rings. The van der Waals surface area contributed by atoms with Gasteiger partial charge in [-0.05, 0) is 65.6 Å². The van der Waals surface area contributed by atoms with Crippen LogP contribution >= 0.6 is 15.9 Å². The second kappa shape index (κ2) is 6.62. The Bertz CT molecular complexity index is 658. The summed E-state index contributed by atoms with van der Waals surface area (Å²) in [4.78, 5) is 0. The first kappa shape index (κ1) is 16.0. The molecule has 0 aromatic heterocycles. The van der Waals surface area contributed by atoms with E-state index < -0.39 is 11.6 Å². The maximum Gasteiger partial charge on any atom is 0.143 e. The van der Waals surface area contributed by atoms with Crippen LogP contribution in [-0.4, -0.2) is 7.05 Å². The maximum absolute atomic E-state index is 14.0. The molecule has 112 valence electrons. The zero-order chi connectivity index (χ0) is 15.6. The number of halogens is 4. The Morgan fingerprint density at radius 3 is 2.43 bits per heavy atom. The molecule has 0 saturated carbocycles. The summed E-state index contributed by atoms with van der Waals surface area (Å²) in [5, 5.41) is 2.97. The van der Waals surface area contributed by atoms with Crippen LogP contribution in [0.4, 0.5) is 13.2 Å². The van der Waals surface area contributed by atoms with Crippen LogP contribution in [0.1, 0.15) is 22.7 Å². The van der Waals surface area contributed by atoms with Crippen molar-refractivity contribution in [2.24, 2.45) is 0 Å². The average molecular weight is 358 g/mol. The van der Waals surface area contributed by atoms with Crippen molar-refractivity contribution in [2.75, 3.05) is 7.05 Å². The molecule has 0 spiro atoms. The molecule has 2 rings (SSSR count). The lowest BCUT2D eigenvalue weighted by Crippen LogP contribution is -2.20. The maximum atomic E-state index is 14.0. The van der Waals surface area contributed by atoms with Crippen molar-refractivity contribution in [1.29, 1.82) is 0 Å². The highest BCUT2D eigenvalue weighted by Gasteiger charge is 2.18. The molecule has 0 heterocycles. The highest BCUT2D eigenvalue weighted by atomic mass is 79.9. The van der Waals surface area contributed by atoms with E-state index in [0.29, 0.717) is 11.1 Å². The first-order valence-corrected chi connectivity index (χ1v) is 7.29. The summed E-state index contributed by atoms with van der Waals surface area (Å²) < 4.78 is 41.7. The lowest BCUT2D eigenvalue weighted by Gasteiger charge is -2.18. The SMILES string of the molecule is CNC(Cc1c(F)ccc(Br)c1F)c1ccc(C)c(F)c1. The van der Waals surface area contributed by atoms with Gasteiger partial charge in [-0.3, -0.25) is 0 Å². The minimum absolute atomic E-state index is 0.0234. The summed E-state index contributed by atoms with van der Waals surface area (Å²) in [5.74, 6) is -1.56. The largest absolute Gasteiger partial charge is 0.313 e. The summed E-state index contributed by atoms with van der Waals surface area (Å²) in [6.45, 7) is 1.67. The van der Waals surface area contributed by atoms with Gasteiger partial charge in [-0.1, -0.05) is 12.1 Å². The number of hydrogen-bond acceptors (Lipinski definition) is 1. The molecule has 0 aliphatic heterocycles. The lowest BCUT2D eigenvalue weighted by molar-refractivity contribution is 0.510. The first-order chi connectivity index (χ1) is 9.93. The normalized spacial score (nSPS) is 12.5. The van der Waals surface area contributed by atoms with Crippen molar-refractivity contribution < 1.29 is 13.2 Å². The van der Waals surface area contributed by atoms with Gasteiger partial charge in [0.15, 0.2) is 0 Å². The fourth-order valence-corrected chi connectivity index (χ4v) is 2.54. The molecule has 0 amide bonds. The summed E-state index contributed by atoms with van der Waals surface area (Å²) >= 11 is 3.05. The molecule has 5 heteroatoms. The lowest BCUT2D eigenvalue weighted by atomic mass is 9.97. The van der Waals surface area contributed by atoms with E-state index in [2.05, 4.69) is 21.2 Å². The molecular weight excluding hydrogens is 343 g/mol. The minimum atomic E-state index is -0.622. The Labute approximate surface area is 130 Å². The molecule has 0 bridgehead atoms. The van der Waals surface area contributed by atoms with Crippen LogP contribution in [0.2, 0.25) is 0 Å². The summed E-state index contributed by atoms with van der Waals surface area (Å²) in [5.41, 5.74) is 1.16. The van der Waals surface area contributed by atoms with Gasteiger partial charge in [-0.25, -0.2) is 13.2 Å². The topological polar surface area (TPSA) is 12.0 Å². The molecular formula is C16H15BrF3N. The van der Waals surface area contributed by atoms with E-state index in [1.807, 2.05) is 0 Å².